The third-order valence-corrected chi connectivity index (χ3v) is 5.31. The minimum atomic E-state index is -0.136. The average Bonchev–Trinajstić information content (AvgIpc) is 3.43. The van der Waals surface area contributed by atoms with Crippen molar-refractivity contribution in [3.63, 3.8) is 0 Å². The molecule has 1 aromatic carbocycles. The summed E-state index contributed by atoms with van der Waals surface area (Å²) < 4.78 is 16.8. The number of carbonyl (C=O) groups excluding carboxylic acids is 1. The average molecular weight is 424 g/mol. The van der Waals surface area contributed by atoms with E-state index < -0.39 is 0 Å². The Labute approximate surface area is 182 Å². The molecule has 1 aliphatic heterocycles. The van der Waals surface area contributed by atoms with Crippen LogP contribution in [-0.2, 0) is 11.3 Å². The number of furan rings is 1. The van der Waals surface area contributed by atoms with Crippen LogP contribution in [0, 0.1) is 12.8 Å². The maximum Gasteiger partial charge on any atom is 0.289 e. The summed E-state index contributed by atoms with van der Waals surface area (Å²) in [5.41, 5.74) is 3.80. The van der Waals surface area contributed by atoms with E-state index in [0.29, 0.717) is 43.9 Å². The smallest absolute Gasteiger partial charge is 0.289 e. The summed E-state index contributed by atoms with van der Waals surface area (Å²) in [6, 6.07) is 11.6. The molecule has 31 heavy (non-hydrogen) atoms. The van der Waals surface area contributed by atoms with E-state index in [1.54, 1.807) is 12.1 Å². The van der Waals surface area contributed by atoms with E-state index in [1.165, 1.54) is 6.26 Å². The Morgan fingerprint density at radius 2 is 2.00 bits per heavy atom. The lowest BCUT2D eigenvalue weighted by Gasteiger charge is -2.28. The van der Waals surface area contributed by atoms with E-state index in [2.05, 4.69) is 43.0 Å². The molecule has 1 saturated heterocycles. The summed E-state index contributed by atoms with van der Waals surface area (Å²) in [5, 5.41) is 4.44. The first kappa shape index (κ1) is 21.2. The van der Waals surface area contributed by atoms with Gasteiger partial charge in [0.25, 0.3) is 5.91 Å². The monoisotopic (exact) mass is 423 g/mol. The molecule has 4 rings (SSSR count). The first-order valence-corrected chi connectivity index (χ1v) is 10.7. The first-order chi connectivity index (χ1) is 15.0. The maximum absolute atomic E-state index is 13.2. The van der Waals surface area contributed by atoms with Crippen LogP contribution in [0.25, 0.3) is 11.3 Å². The van der Waals surface area contributed by atoms with Crippen LogP contribution in [0.3, 0.4) is 0 Å². The number of carbonyl (C=O) groups is 1. The Balaban J connectivity index is 1.74. The van der Waals surface area contributed by atoms with Crippen molar-refractivity contribution in [2.45, 2.75) is 27.3 Å². The molecule has 0 atom stereocenters. The molecule has 3 heterocycles. The van der Waals surface area contributed by atoms with Crippen molar-refractivity contribution in [3.8, 4) is 11.3 Å². The van der Waals surface area contributed by atoms with Gasteiger partial charge in [-0.2, -0.15) is 0 Å². The molecule has 1 fully saturated rings. The van der Waals surface area contributed by atoms with Crippen LogP contribution in [-0.4, -0.2) is 48.8 Å². The van der Waals surface area contributed by atoms with Gasteiger partial charge in [-0.3, -0.25) is 4.79 Å². The molecule has 0 spiro atoms. The molecule has 7 nitrogen and oxygen atoms in total. The zero-order valence-corrected chi connectivity index (χ0v) is 18.3. The lowest BCUT2D eigenvalue weighted by molar-refractivity contribution is 0.0690. The fourth-order valence-corrected chi connectivity index (χ4v) is 3.88. The van der Waals surface area contributed by atoms with Crippen molar-refractivity contribution < 1.29 is 18.5 Å². The van der Waals surface area contributed by atoms with Gasteiger partial charge >= 0.3 is 0 Å². The number of rotatable bonds is 7. The molecule has 2 aromatic heterocycles. The second-order valence-corrected chi connectivity index (χ2v) is 8.34. The molecule has 164 valence electrons. The molecule has 0 bridgehead atoms. The number of morpholine rings is 1. The van der Waals surface area contributed by atoms with Crippen LogP contribution >= 0.6 is 0 Å². The summed E-state index contributed by atoms with van der Waals surface area (Å²) >= 11 is 0. The molecule has 3 aromatic rings. The van der Waals surface area contributed by atoms with Gasteiger partial charge in [0.1, 0.15) is 5.69 Å². The van der Waals surface area contributed by atoms with Gasteiger partial charge in [0, 0.05) is 25.2 Å². The second kappa shape index (κ2) is 9.39. The standard InChI is InChI=1S/C24H29N3O4/c1-17(2)15-27(23(28)21-8-5-11-30-21)16-20-22(19-7-4-6-18(3)14-19)25-31-24(20)26-9-12-29-13-10-26/h4-8,11,14,17H,9-10,12-13,15-16H2,1-3H3. The number of amides is 1. The summed E-state index contributed by atoms with van der Waals surface area (Å²) in [5.74, 6) is 1.21. The largest absolute Gasteiger partial charge is 0.459 e. The van der Waals surface area contributed by atoms with Crippen molar-refractivity contribution in [2.24, 2.45) is 5.92 Å². The molecule has 0 aliphatic carbocycles. The van der Waals surface area contributed by atoms with Crippen LogP contribution < -0.4 is 4.90 Å². The zero-order chi connectivity index (χ0) is 21.8. The van der Waals surface area contributed by atoms with E-state index in [0.717, 1.165) is 35.5 Å². The fraction of sp³-hybridized carbons (Fsp3) is 0.417. The summed E-state index contributed by atoms with van der Waals surface area (Å²) in [6.45, 7) is 9.97. The van der Waals surface area contributed by atoms with Gasteiger partial charge in [0.2, 0.25) is 5.88 Å². The highest BCUT2D eigenvalue weighted by atomic mass is 16.5. The van der Waals surface area contributed by atoms with Crippen LogP contribution in [0.15, 0.2) is 51.6 Å². The Morgan fingerprint density at radius 1 is 1.19 bits per heavy atom. The fourth-order valence-electron chi connectivity index (χ4n) is 3.88. The number of ether oxygens (including phenoxy) is 1. The molecule has 1 amide bonds. The second-order valence-electron chi connectivity index (χ2n) is 8.34. The number of nitrogens with zero attached hydrogens (tertiary/aromatic N) is 3. The van der Waals surface area contributed by atoms with Crippen LogP contribution in [0.4, 0.5) is 5.88 Å². The Bertz CT molecular complexity index is 1000. The van der Waals surface area contributed by atoms with Gasteiger partial charge in [-0.1, -0.05) is 42.8 Å². The summed E-state index contributed by atoms with van der Waals surface area (Å²) in [7, 11) is 0. The quantitative estimate of drug-likeness (QED) is 0.562. The lowest BCUT2D eigenvalue weighted by atomic mass is 10.0. The predicted molar refractivity (Wildman–Crippen MR) is 118 cm³/mol. The molecule has 7 heteroatoms. The van der Waals surface area contributed by atoms with Crippen LogP contribution in [0.5, 0.6) is 0 Å². The highest BCUT2D eigenvalue weighted by Crippen LogP contribution is 2.34. The number of benzene rings is 1. The molecule has 0 saturated carbocycles. The predicted octanol–water partition coefficient (Wildman–Crippen LogP) is 4.38. The first-order valence-electron chi connectivity index (χ1n) is 10.7. The van der Waals surface area contributed by atoms with Gasteiger partial charge in [0.15, 0.2) is 5.76 Å². The van der Waals surface area contributed by atoms with Crippen molar-refractivity contribution >= 4 is 11.8 Å². The Morgan fingerprint density at radius 3 is 2.68 bits per heavy atom. The Kier molecular flexibility index (Phi) is 6.42. The van der Waals surface area contributed by atoms with Gasteiger partial charge in [0.05, 0.1) is 31.6 Å². The number of aryl methyl sites for hydroxylation is 1. The number of hydrogen-bond acceptors (Lipinski definition) is 6. The van der Waals surface area contributed by atoms with Crippen LogP contribution in [0.1, 0.15) is 35.5 Å². The van der Waals surface area contributed by atoms with Crippen molar-refractivity contribution in [1.29, 1.82) is 0 Å². The van der Waals surface area contributed by atoms with Crippen molar-refractivity contribution in [3.05, 3.63) is 59.5 Å². The molecule has 0 N–H and O–H groups in total. The zero-order valence-electron chi connectivity index (χ0n) is 18.3. The number of hydrogen-bond donors (Lipinski definition) is 0. The molecule has 0 unspecified atom stereocenters. The van der Waals surface area contributed by atoms with E-state index in [9.17, 15) is 4.79 Å². The minimum Gasteiger partial charge on any atom is -0.459 e. The van der Waals surface area contributed by atoms with Gasteiger partial charge in [-0.15, -0.1) is 0 Å². The van der Waals surface area contributed by atoms with Crippen molar-refractivity contribution in [1.82, 2.24) is 10.1 Å². The van der Waals surface area contributed by atoms with Gasteiger partial charge < -0.3 is 23.5 Å². The lowest BCUT2D eigenvalue weighted by Crippen LogP contribution is -2.38. The summed E-state index contributed by atoms with van der Waals surface area (Å²) in [6.07, 6.45) is 1.53. The Hall–Kier alpha value is -3.06. The van der Waals surface area contributed by atoms with E-state index in [4.69, 9.17) is 13.7 Å². The van der Waals surface area contributed by atoms with E-state index >= 15 is 0 Å². The number of aromatic nitrogens is 1. The molecular formula is C24H29N3O4. The van der Waals surface area contributed by atoms with E-state index in [1.807, 2.05) is 17.0 Å². The van der Waals surface area contributed by atoms with Gasteiger partial charge in [-0.25, -0.2) is 0 Å². The molecule has 1 aliphatic rings. The normalized spacial score (nSPS) is 14.3. The highest BCUT2D eigenvalue weighted by Gasteiger charge is 2.28. The SMILES string of the molecule is Cc1cccc(-c2noc(N3CCOCC3)c2CN(CC(C)C)C(=O)c2ccco2)c1. The number of anilines is 1. The van der Waals surface area contributed by atoms with Gasteiger partial charge in [-0.05, 0) is 31.0 Å². The van der Waals surface area contributed by atoms with Crippen molar-refractivity contribution in [2.75, 3.05) is 37.7 Å². The molecular weight excluding hydrogens is 394 g/mol. The minimum absolute atomic E-state index is 0.136. The summed E-state index contributed by atoms with van der Waals surface area (Å²) in [4.78, 5) is 17.2. The highest BCUT2D eigenvalue weighted by molar-refractivity contribution is 5.91. The van der Waals surface area contributed by atoms with Crippen LogP contribution in [0.2, 0.25) is 0 Å². The molecule has 0 radical (unpaired) electrons. The third-order valence-electron chi connectivity index (χ3n) is 5.31. The maximum atomic E-state index is 13.2. The topological polar surface area (TPSA) is 72.0 Å². The van der Waals surface area contributed by atoms with E-state index in [-0.39, 0.29) is 5.91 Å². The third kappa shape index (κ3) is 4.82.